The predicted octanol–water partition coefficient (Wildman–Crippen LogP) is 7.51. The molecule has 0 N–H and O–H groups in total. The van der Waals surface area contributed by atoms with Crippen molar-refractivity contribution in [2.45, 2.75) is 64.8 Å². The SMILES string of the molecule is C[C@H]1CCc2ccc(N(Cc3nccn3C)C(=O)CC(C)(C)c3ccccc3)cc21.Cc1ccc(F)cc1. The van der Waals surface area contributed by atoms with Crippen molar-refractivity contribution in [1.29, 1.82) is 0 Å². The molecule has 1 atom stereocenters. The Labute approximate surface area is 226 Å². The standard InChI is InChI=1S/C26H31N3O.C7H7F/c1-19-10-11-20-12-13-22(16-23(19)20)29(18-24-27-14-15-28(24)4)25(30)17-26(2,3)21-8-6-5-7-9-21;1-6-2-4-7(8)5-3-6/h5-9,12-16,19H,10-11,17-18H2,1-4H3;2-5H,1H3/t19-;/m0./s1. The number of hydrogen-bond donors (Lipinski definition) is 0. The Balaban J connectivity index is 0.000000360. The summed E-state index contributed by atoms with van der Waals surface area (Å²) in [5, 5.41) is 0. The fourth-order valence-electron chi connectivity index (χ4n) is 4.98. The van der Waals surface area contributed by atoms with E-state index in [0.29, 0.717) is 18.9 Å². The molecule has 0 aliphatic heterocycles. The van der Waals surface area contributed by atoms with Crippen LogP contribution >= 0.6 is 0 Å². The van der Waals surface area contributed by atoms with Crippen LogP contribution in [-0.4, -0.2) is 15.5 Å². The molecule has 1 amide bonds. The molecule has 1 aliphatic rings. The fraction of sp³-hybridized carbons (Fsp3) is 0.333. The lowest BCUT2D eigenvalue weighted by atomic mass is 9.81. The number of aromatic nitrogens is 2. The Morgan fingerprint density at radius 1 is 1.08 bits per heavy atom. The maximum absolute atomic E-state index is 13.6. The quantitative estimate of drug-likeness (QED) is 0.269. The summed E-state index contributed by atoms with van der Waals surface area (Å²) in [5.41, 5.74) is 5.79. The number of carbonyl (C=O) groups is 1. The summed E-state index contributed by atoms with van der Waals surface area (Å²) in [4.78, 5) is 20.0. The van der Waals surface area contributed by atoms with Gasteiger partial charge in [-0.1, -0.05) is 74.9 Å². The van der Waals surface area contributed by atoms with Gasteiger partial charge in [-0.15, -0.1) is 0 Å². The smallest absolute Gasteiger partial charge is 0.228 e. The summed E-state index contributed by atoms with van der Waals surface area (Å²) < 4.78 is 14.1. The van der Waals surface area contributed by atoms with Crippen LogP contribution in [0.1, 0.15) is 67.6 Å². The molecule has 1 aromatic heterocycles. The van der Waals surface area contributed by atoms with Crippen LogP contribution in [0.3, 0.4) is 0 Å². The number of carbonyl (C=O) groups excluding carboxylic acids is 1. The monoisotopic (exact) mass is 511 g/mol. The van der Waals surface area contributed by atoms with Crippen LogP contribution in [0.4, 0.5) is 10.1 Å². The topological polar surface area (TPSA) is 38.1 Å². The van der Waals surface area contributed by atoms with E-state index in [2.05, 4.69) is 56.1 Å². The van der Waals surface area contributed by atoms with Crippen molar-refractivity contribution in [2.75, 3.05) is 4.90 Å². The van der Waals surface area contributed by atoms with E-state index in [-0.39, 0.29) is 17.1 Å². The lowest BCUT2D eigenvalue weighted by molar-refractivity contribution is -0.119. The third-order valence-electron chi connectivity index (χ3n) is 7.50. The first-order valence-corrected chi connectivity index (χ1v) is 13.3. The summed E-state index contributed by atoms with van der Waals surface area (Å²) in [6, 6.07) is 23.2. The Bertz CT molecular complexity index is 1340. The molecule has 38 heavy (non-hydrogen) atoms. The first-order chi connectivity index (χ1) is 18.1. The Morgan fingerprint density at radius 3 is 2.42 bits per heavy atom. The fourth-order valence-corrected chi connectivity index (χ4v) is 4.98. The van der Waals surface area contributed by atoms with Crippen molar-refractivity contribution < 1.29 is 9.18 Å². The third kappa shape index (κ3) is 6.58. The van der Waals surface area contributed by atoms with E-state index < -0.39 is 0 Å². The van der Waals surface area contributed by atoms with E-state index in [4.69, 9.17) is 0 Å². The minimum atomic E-state index is -0.248. The minimum absolute atomic E-state index is 0.123. The van der Waals surface area contributed by atoms with Gasteiger partial charge in [-0.2, -0.15) is 0 Å². The maximum atomic E-state index is 13.6. The van der Waals surface area contributed by atoms with Gasteiger partial charge in [-0.3, -0.25) is 4.79 Å². The van der Waals surface area contributed by atoms with Crippen molar-refractivity contribution in [3.8, 4) is 0 Å². The molecule has 3 aromatic carbocycles. The summed E-state index contributed by atoms with van der Waals surface area (Å²) >= 11 is 0. The highest BCUT2D eigenvalue weighted by Crippen LogP contribution is 2.36. The van der Waals surface area contributed by atoms with Gasteiger partial charge in [0.15, 0.2) is 0 Å². The molecule has 5 rings (SSSR count). The average molecular weight is 512 g/mol. The normalized spacial score (nSPS) is 14.4. The van der Waals surface area contributed by atoms with Crippen LogP contribution in [0.25, 0.3) is 0 Å². The Morgan fingerprint density at radius 2 is 1.79 bits per heavy atom. The van der Waals surface area contributed by atoms with Crippen molar-refractivity contribution >= 4 is 11.6 Å². The zero-order valence-electron chi connectivity index (χ0n) is 23.1. The van der Waals surface area contributed by atoms with Gasteiger partial charge in [0.1, 0.15) is 11.6 Å². The van der Waals surface area contributed by atoms with Crippen LogP contribution in [0.5, 0.6) is 0 Å². The highest BCUT2D eigenvalue weighted by molar-refractivity contribution is 5.94. The van der Waals surface area contributed by atoms with E-state index in [1.807, 2.05) is 47.8 Å². The zero-order chi connectivity index (χ0) is 27.3. The number of nitrogens with zero attached hydrogens (tertiary/aromatic N) is 3. The van der Waals surface area contributed by atoms with Crippen LogP contribution in [0.15, 0.2) is 85.2 Å². The number of fused-ring (bicyclic) bond motifs is 1. The van der Waals surface area contributed by atoms with E-state index in [1.165, 1.54) is 35.2 Å². The first kappa shape index (κ1) is 27.3. The number of aryl methyl sites for hydroxylation is 3. The second-order valence-electron chi connectivity index (χ2n) is 11.0. The number of rotatable bonds is 6. The van der Waals surface area contributed by atoms with Crippen molar-refractivity contribution in [3.63, 3.8) is 0 Å². The van der Waals surface area contributed by atoms with E-state index >= 15 is 0 Å². The third-order valence-corrected chi connectivity index (χ3v) is 7.50. The Hall–Kier alpha value is -3.73. The summed E-state index contributed by atoms with van der Waals surface area (Å²) in [6.07, 6.45) is 6.47. The molecular formula is C33H38FN3O. The molecule has 1 heterocycles. The predicted molar refractivity (Wildman–Crippen MR) is 153 cm³/mol. The van der Waals surface area contributed by atoms with Crippen LogP contribution in [0, 0.1) is 12.7 Å². The Kier molecular flexibility index (Phi) is 8.45. The molecule has 0 radical (unpaired) electrons. The molecule has 198 valence electrons. The number of imidazole rings is 1. The molecule has 4 nitrogen and oxygen atoms in total. The van der Waals surface area contributed by atoms with Crippen LogP contribution in [-0.2, 0) is 30.2 Å². The van der Waals surface area contributed by atoms with Crippen molar-refractivity contribution in [1.82, 2.24) is 9.55 Å². The molecule has 4 aromatic rings. The average Bonchev–Trinajstić information content (AvgIpc) is 3.49. The van der Waals surface area contributed by atoms with Crippen LogP contribution in [0.2, 0.25) is 0 Å². The van der Waals surface area contributed by atoms with Crippen LogP contribution < -0.4 is 4.90 Å². The highest BCUT2D eigenvalue weighted by Gasteiger charge is 2.29. The lowest BCUT2D eigenvalue weighted by Crippen LogP contribution is -2.36. The van der Waals surface area contributed by atoms with Gasteiger partial charge in [0.25, 0.3) is 0 Å². The van der Waals surface area contributed by atoms with Gasteiger partial charge in [-0.25, -0.2) is 9.37 Å². The molecule has 0 unspecified atom stereocenters. The molecule has 1 aliphatic carbocycles. The molecular weight excluding hydrogens is 473 g/mol. The van der Waals surface area contributed by atoms with Gasteiger partial charge >= 0.3 is 0 Å². The van der Waals surface area contributed by atoms with E-state index in [0.717, 1.165) is 23.5 Å². The number of anilines is 1. The number of benzene rings is 3. The van der Waals surface area contributed by atoms with E-state index in [9.17, 15) is 9.18 Å². The zero-order valence-corrected chi connectivity index (χ0v) is 23.1. The number of amides is 1. The van der Waals surface area contributed by atoms with Gasteiger partial charge < -0.3 is 9.47 Å². The highest BCUT2D eigenvalue weighted by atomic mass is 19.1. The number of halogens is 1. The summed E-state index contributed by atoms with van der Waals surface area (Å²) in [5.74, 6) is 1.38. The molecule has 0 spiro atoms. The number of hydrogen-bond acceptors (Lipinski definition) is 2. The first-order valence-electron chi connectivity index (χ1n) is 13.3. The molecule has 0 fully saturated rings. The lowest BCUT2D eigenvalue weighted by Gasteiger charge is -2.30. The largest absolute Gasteiger partial charge is 0.337 e. The summed E-state index contributed by atoms with van der Waals surface area (Å²) in [6.45, 7) is 8.97. The maximum Gasteiger partial charge on any atom is 0.228 e. The second-order valence-corrected chi connectivity index (χ2v) is 11.0. The van der Waals surface area contributed by atoms with Gasteiger partial charge in [0.2, 0.25) is 5.91 Å². The molecule has 0 saturated heterocycles. The van der Waals surface area contributed by atoms with Crippen molar-refractivity contribution in [2.24, 2.45) is 7.05 Å². The van der Waals surface area contributed by atoms with E-state index in [1.54, 1.807) is 18.3 Å². The molecule has 5 heteroatoms. The summed E-state index contributed by atoms with van der Waals surface area (Å²) in [7, 11) is 1.98. The molecule has 0 saturated carbocycles. The molecule has 0 bridgehead atoms. The van der Waals surface area contributed by atoms with Gasteiger partial charge in [-0.05, 0) is 72.1 Å². The van der Waals surface area contributed by atoms with Gasteiger partial charge in [0.05, 0.1) is 6.54 Å². The second kappa shape index (κ2) is 11.8. The minimum Gasteiger partial charge on any atom is -0.337 e. The van der Waals surface area contributed by atoms with Gasteiger partial charge in [0, 0.05) is 31.5 Å². The van der Waals surface area contributed by atoms with Crippen molar-refractivity contribution in [3.05, 3.63) is 119 Å².